The van der Waals surface area contributed by atoms with Gasteiger partial charge in [-0.15, -0.1) is 0 Å². The van der Waals surface area contributed by atoms with Crippen LogP contribution < -0.4 is 20.5 Å². The summed E-state index contributed by atoms with van der Waals surface area (Å²) in [7, 11) is 0. The van der Waals surface area contributed by atoms with Crippen LogP contribution in [0, 0.1) is 5.92 Å². The van der Waals surface area contributed by atoms with Crippen LogP contribution in [-0.4, -0.2) is 18.7 Å². The second-order valence-corrected chi connectivity index (χ2v) is 5.61. The van der Waals surface area contributed by atoms with Crippen molar-refractivity contribution in [1.29, 1.82) is 0 Å². The van der Waals surface area contributed by atoms with Crippen LogP contribution in [0.15, 0.2) is 18.2 Å². The van der Waals surface area contributed by atoms with Gasteiger partial charge < -0.3 is 20.5 Å². The maximum absolute atomic E-state index is 12.2. The third kappa shape index (κ3) is 2.58. The summed E-state index contributed by atoms with van der Waals surface area (Å²) in [6.07, 6.45) is 2.62. The first-order chi connectivity index (χ1) is 9.63. The molecule has 108 valence electrons. The van der Waals surface area contributed by atoms with E-state index in [1.54, 1.807) is 0 Å². The fourth-order valence-electron chi connectivity index (χ4n) is 2.85. The Balaban J connectivity index is 1.64. The zero-order chi connectivity index (χ0) is 14.1. The van der Waals surface area contributed by atoms with Crippen LogP contribution in [0.25, 0.3) is 0 Å². The first-order valence-corrected chi connectivity index (χ1v) is 7.09. The SMILES string of the molecule is CC(NC(=O)C1CCC(N)C1)c1ccc2c(c1)OCO2. The Kier molecular flexibility index (Phi) is 3.53. The van der Waals surface area contributed by atoms with Crippen LogP contribution in [0.1, 0.15) is 37.8 Å². The van der Waals surface area contributed by atoms with E-state index in [2.05, 4.69) is 5.32 Å². The Morgan fingerprint density at radius 1 is 1.35 bits per heavy atom. The Morgan fingerprint density at radius 2 is 2.15 bits per heavy atom. The van der Waals surface area contributed by atoms with Crippen LogP contribution in [0.5, 0.6) is 11.5 Å². The molecule has 5 nitrogen and oxygen atoms in total. The van der Waals surface area contributed by atoms with E-state index in [9.17, 15) is 4.79 Å². The van der Waals surface area contributed by atoms with Gasteiger partial charge in [0.25, 0.3) is 0 Å². The molecule has 3 unspecified atom stereocenters. The van der Waals surface area contributed by atoms with Gasteiger partial charge in [0, 0.05) is 12.0 Å². The molecule has 1 fully saturated rings. The molecule has 5 heteroatoms. The molecule has 0 bridgehead atoms. The summed E-state index contributed by atoms with van der Waals surface area (Å²) in [4.78, 5) is 12.2. The lowest BCUT2D eigenvalue weighted by atomic mass is 10.0. The molecule has 0 saturated heterocycles. The summed E-state index contributed by atoms with van der Waals surface area (Å²) in [5, 5.41) is 3.06. The van der Waals surface area contributed by atoms with Crippen molar-refractivity contribution >= 4 is 5.91 Å². The van der Waals surface area contributed by atoms with Gasteiger partial charge in [-0.25, -0.2) is 0 Å². The van der Waals surface area contributed by atoms with Crippen LogP contribution >= 0.6 is 0 Å². The molecule has 3 N–H and O–H groups in total. The van der Waals surface area contributed by atoms with E-state index in [1.165, 1.54) is 0 Å². The Labute approximate surface area is 118 Å². The smallest absolute Gasteiger partial charge is 0.231 e. The van der Waals surface area contributed by atoms with Crippen LogP contribution in [0.4, 0.5) is 0 Å². The quantitative estimate of drug-likeness (QED) is 0.881. The second-order valence-electron chi connectivity index (χ2n) is 5.61. The van der Waals surface area contributed by atoms with Gasteiger partial charge in [-0.1, -0.05) is 6.07 Å². The summed E-state index contributed by atoms with van der Waals surface area (Å²) < 4.78 is 10.6. The molecule has 3 atom stereocenters. The fourth-order valence-corrected chi connectivity index (χ4v) is 2.85. The van der Waals surface area contributed by atoms with Crippen molar-refractivity contribution in [3.63, 3.8) is 0 Å². The predicted octanol–water partition coefficient (Wildman–Crippen LogP) is 1.72. The van der Waals surface area contributed by atoms with Gasteiger partial charge >= 0.3 is 0 Å². The van der Waals surface area contributed by atoms with Crippen molar-refractivity contribution in [2.24, 2.45) is 11.7 Å². The number of carbonyl (C=O) groups excluding carboxylic acids is 1. The highest BCUT2D eigenvalue weighted by molar-refractivity contribution is 5.79. The van der Waals surface area contributed by atoms with Gasteiger partial charge in [0.05, 0.1) is 6.04 Å². The Hall–Kier alpha value is -1.75. The van der Waals surface area contributed by atoms with E-state index >= 15 is 0 Å². The minimum Gasteiger partial charge on any atom is -0.454 e. The summed E-state index contributed by atoms with van der Waals surface area (Å²) in [5.41, 5.74) is 6.87. The molecular formula is C15H20N2O3. The molecule has 1 aliphatic carbocycles. The van der Waals surface area contributed by atoms with Gasteiger partial charge in [0.15, 0.2) is 11.5 Å². The molecule has 1 aromatic rings. The summed E-state index contributed by atoms with van der Waals surface area (Å²) >= 11 is 0. The van der Waals surface area contributed by atoms with Crippen molar-refractivity contribution < 1.29 is 14.3 Å². The van der Waals surface area contributed by atoms with E-state index in [-0.39, 0.29) is 30.7 Å². The maximum Gasteiger partial charge on any atom is 0.231 e. The number of nitrogens with two attached hydrogens (primary N) is 1. The number of fused-ring (bicyclic) bond motifs is 1. The molecule has 1 aromatic carbocycles. The molecule has 1 heterocycles. The van der Waals surface area contributed by atoms with Crippen molar-refractivity contribution in [2.75, 3.05) is 6.79 Å². The summed E-state index contributed by atoms with van der Waals surface area (Å²) in [6, 6.07) is 5.89. The lowest BCUT2D eigenvalue weighted by molar-refractivity contribution is -0.125. The molecular weight excluding hydrogens is 256 g/mol. The van der Waals surface area contributed by atoms with Crippen molar-refractivity contribution in [3.05, 3.63) is 23.8 Å². The molecule has 3 rings (SSSR count). The third-order valence-corrected chi connectivity index (χ3v) is 4.10. The number of rotatable bonds is 3. The van der Waals surface area contributed by atoms with E-state index < -0.39 is 0 Å². The van der Waals surface area contributed by atoms with Crippen LogP contribution in [0.3, 0.4) is 0 Å². The highest BCUT2D eigenvalue weighted by Gasteiger charge is 2.28. The van der Waals surface area contributed by atoms with Crippen molar-refractivity contribution in [2.45, 2.75) is 38.3 Å². The third-order valence-electron chi connectivity index (χ3n) is 4.10. The lowest BCUT2D eigenvalue weighted by Crippen LogP contribution is -2.32. The highest BCUT2D eigenvalue weighted by atomic mass is 16.7. The number of benzene rings is 1. The first kappa shape index (κ1) is 13.2. The van der Waals surface area contributed by atoms with E-state index in [4.69, 9.17) is 15.2 Å². The van der Waals surface area contributed by atoms with E-state index in [0.717, 1.165) is 36.3 Å². The van der Waals surface area contributed by atoms with Gasteiger partial charge in [0.2, 0.25) is 12.7 Å². The Bertz CT molecular complexity index is 518. The molecule has 1 amide bonds. The molecule has 1 saturated carbocycles. The maximum atomic E-state index is 12.2. The highest BCUT2D eigenvalue weighted by Crippen LogP contribution is 2.34. The van der Waals surface area contributed by atoms with Crippen LogP contribution in [-0.2, 0) is 4.79 Å². The van der Waals surface area contributed by atoms with E-state index in [1.807, 2.05) is 25.1 Å². The molecule has 0 radical (unpaired) electrons. The van der Waals surface area contributed by atoms with Gasteiger partial charge in [0.1, 0.15) is 0 Å². The number of carbonyl (C=O) groups is 1. The summed E-state index contributed by atoms with van der Waals surface area (Å²) in [5.74, 6) is 1.66. The minimum atomic E-state index is -0.0474. The predicted molar refractivity (Wildman–Crippen MR) is 74.4 cm³/mol. The second kappa shape index (κ2) is 5.32. The molecule has 0 spiro atoms. The molecule has 1 aliphatic heterocycles. The average Bonchev–Trinajstić information content (AvgIpc) is 3.05. The number of nitrogens with one attached hydrogen (secondary N) is 1. The standard InChI is InChI=1S/C15H20N2O3/c1-9(17-15(18)11-2-4-12(16)6-11)10-3-5-13-14(7-10)20-8-19-13/h3,5,7,9,11-12H,2,4,6,8,16H2,1H3,(H,17,18). The summed E-state index contributed by atoms with van der Waals surface area (Å²) in [6.45, 7) is 2.24. The average molecular weight is 276 g/mol. The zero-order valence-electron chi connectivity index (χ0n) is 11.6. The fraction of sp³-hybridized carbons (Fsp3) is 0.533. The van der Waals surface area contributed by atoms with Crippen molar-refractivity contribution in [3.8, 4) is 11.5 Å². The Morgan fingerprint density at radius 3 is 2.90 bits per heavy atom. The molecule has 20 heavy (non-hydrogen) atoms. The number of hydrogen-bond acceptors (Lipinski definition) is 4. The molecule has 0 aromatic heterocycles. The largest absolute Gasteiger partial charge is 0.454 e. The normalized spacial score (nSPS) is 25.5. The number of ether oxygens (including phenoxy) is 2. The van der Waals surface area contributed by atoms with Crippen LogP contribution in [0.2, 0.25) is 0 Å². The van der Waals surface area contributed by atoms with Gasteiger partial charge in [-0.3, -0.25) is 4.79 Å². The topological polar surface area (TPSA) is 73.6 Å². The van der Waals surface area contributed by atoms with Crippen molar-refractivity contribution in [1.82, 2.24) is 5.32 Å². The lowest BCUT2D eigenvalue weighted by Gasteiger charge is -2.17. The van der Waals surface area contributed by atoms with E-state index in [0.29, 0.717) is 0 Å². The van der Waals surface area contributed by atoms with Gasteiger partial charge in [-0.2, -0.15) is 0 Å². The monoisotopic (exact) mass is 276 g/mol. The minimum absolute atomic E-state index is 0.0474. The number of amides is 1. The zero-order valence-corrected chi connectivity index (χ0v) is 11.6. The van der Waals surface area contributed by atoms with Gasteiger partial charge in [-0.05, 0) is 43.9 Å². The first-order valence-electron chi connectivity index (χ1n) is 7.09. The molecule has 2 aliphatic rings. The number of hydrogen-bond donors (Lipinski definition) is 2.